The number of benzene rings is 1. The number of likely N-dealkylation sites (tertiary alicyclic amines) is 1. The second-order valence-corrected chi connectivity index (χ2v) is 10.2. The lowest BCUT2D eigenvalue weighted by atomic mass is 9.88. The Morgan fingerprint density at radius 2 is 2.12 bits per heavy atom. The number of rotatable bonds is 9. The number of ether oxygens (including phenoxy) is 2. The summed E-state index contributed by atoms with van der Waals surface area (Å²) in [6, 6.07) is 7.84. The fourth-order valence-electron chi connectivity index (χ4n) is 5.05. The fraction of sp³-hybridized carbons (Fsp3) is 0.680. The molecule has 0 bridgehead atoms. The number of halogens is 1. The fourth-order valence-corrected chi connectivity index (χ4v) is 5.24. The maximum absolute atomic E-state index is 13.2. The SMILES string of the molecule is COC(=O)NCCO[C@@H](c1cccc(Cl)c1)[C@@H]1CCCN(C(=O)N[C@H]2CNC[C@@H]2CC(C)C)C1. The van der Waals surface area contributed by atoms with Gasteiger partial charge in [0.2, 0.25) is 0 Å². The summed E-state index contributed by atoms with van der Waals surface area (Å²) < 4.78 is 10.9. The van der Waals surface area contributed by atoms with Crippen molar-refractivity contribution in [2.45, 2.75) is 45.3 Å². The number of methoxy groups -OCH3 is 1. The van der Waals surface area contributed by atoms with Crippen molar-refractivity contribution in [1.29, 1.82) is 0 Å². The zero-order valence-corrected chi connectivity index (χ0v) is 21.3. The van der Waals surface area contributed by atoms with Gasteiger partial charge >= 0.3 is 12.1 Å². The van der Waals surface area contributed by atoms with Gasteiger partial charge in [0.1, 0.15) is 0 Å². The molecule has 2 aliphatic rings. The maximum atomic E-state index is 13.2. The molecule has 0 unspecified atom stereocenters. The van der Waals surface area contributed by atoms with Crippen LogP contribution in [-0.4, -0.2) is 69.5 Å². The number of urea groups is 1. The van der Waals surface area contributed by atoms with E-state index in [2.05, 4.69) is 34.5 Å². The minimum absolute atomic E-state index is 0.00404. The largest absolute Gasteiger partial charge is 0.453 e. The van der Waals surface area contributed by atoms with Crippen LogP contribution in [0, 0.1) is 17.8 Å². The molecule has 9 heteroatoms. The first kappa shape index (κ1) is 26.6. The molecule has 0 radical (unpaired) electrons. The van der Waals surface area contributed by atoms with Crippen LogP contribution in [0.1, 0.15) is 44.8 Å². The lowest BCUT2D eigenvalue weighted by molar-refractivity contribution is -0.00865. The summed E-state index contributed by atoms with van der Waals surface area (Å²) in [7, 11) is 1.33. The Kier molecular flexibility index (Phi) is 10.3. The molecule has 0 saturated carbocycles. The molecule has 0 aliphatic carbocycles. The first-order valence-corrected chi connectivity index (χ1v) is 12.7. The van der Waals surface area contributed by atoms with Crippen LogP contribution in [0.3, 0.4) is 0 Å². The number of carbonyl (C=O) groups is 2. The van der Waals surface area contributed by atoms with E-state index < -0.39 is 6.09 Å². The van der Waals surface area contributed by atoms with Crippen molar-refractivity contribution < 1.29 is 19.1 Å². The number of piperidine rings is 1. The van der Waals surface area contributed by atoms with Crippen molar-refractivity contribution in [3.05, 3.63) is 34.9 Å². The number of hydrogen-bond acceptors (Lipinski definition) is 5. The molecule has 3 amide bonds. The van der Waals surface area contributed by atoms with Gasteiger partial charge in [0, 0.05) is 49.7 Å². The minimum Gasteiger partial charge on any atom is -0.453 e. The van der Waals surface area contributed by atoms with E-state index in [1.165, 1.54) is 7.11 Å². The van der Waals surface area contributed by atoms with Gasteiger partial charge < -0.3 is 30.3 Å². The Morgan fingerprint density at radius 3 is 2.85 bits per heavy atom. The summed E-state index contributed by atoms with van der Waals surface area (Å²) in [4.78, 5) is 26.5. The van der Waals surface area contributed by atoms with E-state index in [0.717, 1.165) is 44.5 Å². The van der Waals surface area contributed by atoms with E-state index in [4.69, 9.17) is 16.3 Å². The van der Waals surface area contributed by atoms with Crippen LogP contribution in [0.25, 0.3) is 0 Å². The molecule has 2 aliphatic heterocycles. The molecule has 1 aromatic carbocycles. The Bertz CT molecular complexity index is 809. The quantitative estimate of drug-likeness (QED) is 0.454. The number of amides is 3. The number of nitrogens with zero attached hydrogens (tertiary/aromatic N) is 1. The zero-order valence-electron chi connectivity index (χ0n) is 20.5. The molecule has 3 N–H and O–H groups in total. The van der Waals surface area contributed by atoms with Gasteiger partial charge in [-0.1, -0.05) is 37.6 Å². The van der Waals surface area contributed by atoms with Crippen molar-refractivity contribution >= 4 is 23.7 Å². The zero-order chi connectivity index (χ0) is 24.5. The average Bonchev–Trinajstić information content (AvgIpc) is 3.24. The highest BCUT2D eigenvalue weighted by atomic mass is 35.5. The predicted octanol–water partition coefficient (Wildman–Crippen LogP) is 3.81. The molecule has 2 heterocycles. The van der Waals surface area contributed by atoms with Crippen LogP contribution < -0.4 is 16.0 Å². The summed E-state index contributed by atoms with van der Waals surface area (Å²) in [5.41, 5.74) is 0.981. The van der Waals surface area contributed by atoms with Gasteiger partial charge in [-0.15, -0.1) is 0 Å². The van der Waals surface area contributed by atoms with Gasteiger partial charge in [-0.2, -0.15) is 0 Å². The normalized spacial score (nSPS) is 23.6. The van der Waals surface area contributed by atoms with Gasteiger partial charge in [0.25, 0.3) is 0 Å². The first-order valence-electron chi connectivity index (χ1n) is 12.3. The summed E-state index contributed by atoms with van der Waals surface area (Å²) in [6.45, 7) is 8.25. The first-order chi connectivity index (χ1) is 16.4. The van der Waals surface area contributed by atoms with E-state index in [-0.39, 0.29) is 24.1 Å². The van der Waals surface area contributed by atoms with Crippen molar-refractivity contribution in [1.82, 2.24) is 20.9 Å². The maximum Gasteiger partial charge on any atom is 0.406 e. The van der Waals surface area contributed by atoms with Gasteiger partial charge in [0.15, 0.2) is 0 Å². The molecule has 190 valence electrons. The van der Waals surface area contributed by atoms with Crippen LogP contribution in [0.4, 0.5) is 9.59 Å². The highest BCUT2D eigenvalue weighted by Gasteiger charge is 2.34. The standard InChI is InChI=1S/C25H39ClN4O4/c1-17(2)12-20-14-27-15-22(20)29-24(31)30-10-5-7-19(16-30)23(18-6-4-8-21(26)13-18)34-11-9-28-25(32)33-3/h4,6,8,13,17,19-20,22-23,27H,5,7,9-12,14-16H2,1-3H3,(H,28,32)(H,29,31)/t19-,20+,22+,23+/m1/s1. The molecule has 0 aromatic heterocycles. The van der Waals surface area contributed by atoms with Crippen molar-refractivity contribution in [2.75, 3.05) is 46.4 Å². The molecule has 2 fully saturated rings. The summed E-state index contributed by atoms with van der Waals surface area (Å²) in [5.74, 6) is 1.20. The Hall–Kier alpha value is -2.03. The highest BCUT2D eigenvalue weighted by molar-refractivity contribution is 6.30. The number of hydrogen-bond donors (Lipinski definition) is 3. The second kappa shape index (κ2) is 13.2. The van der Waals surface area contributed by atoms with E-state index in [1.54, 1.807) is 0 Å². The Labute approximate surface area is 208 Å². The monoisotopic (exact) mass is 494 g/mol. The van der Waals surface area contributed by atoms with Gasteiger partial charge in [0.05, 0.1) is 19.8 Å². The van der Waals surface area contributed by atoms with E-state index in [9.17, 15) is 9.59 Å². The Morgan fingerprint density at radius 1 is 1.29 bits per heavy atom. The van der Waals surface area contributed by atoms with Crippen molar-refractivity contribution in [2.24, 2.45) is 17.8 Å². The van der Waals surface area contributed by atoms with E-state index in [1.807, 2.05) is 29.2 Å². The minimum atomic E-state index is -0.486. The Balaban J connectivity index is 1.63. The van der Waals surface area contributed by atoms with Crippen LogP contribution >= 0.6 is 11.6 Å². The van der Waals surface area contributed by atoms with Crippen LogP contribution in [0.5, 0.6) is 0 Å². The lowest BCUT2D eigenvalue weighted by Gasteiger charge is -2.38. The molecular formula is C25H39ClN4O4. The second-order valence-electron chi connectivity index (χ2n) is 9.72. The third kappa shape index (κ3) is 7.75. The highest BCUT2D eigenvalue weighted by Crippen LogP contribution is 2.34. The smallest absolute Gasteiger partial charge is 0.406 e. The third-order valence-corrected chi connectivity index (χ3v) is 6.86. The summed E-state index contributed by atoms with van der Waals surface area (Å²) in [6.07, 6.45) is 2.25. The number of alkyl carbamates (subject to hydrolysis) is 1. The van der Waals surface area contributed by atoms with Crippen molar-refractivity contribution in [3.8, 4) is 0 Å². The summed E-state index contributed by atoms with van der Waals surface area (Å²) >= 11 is 6.26. The van der Waals surface area contributed by atoms with Crippen molar-refractivity contribution in [3.63, 3.8) is 0 Å². The molecule has 2 saturated heterocycles. The van der Waals surface area contributed by atoms with E-state index >= 15 is 0 Å². The van der Waals surface area contributed by atoms with Crippen LogP contribution in [0.2, 0.25) is 5.02 Å². The predicted molar refractivity (Wildman–Crippen MR) is 133 cm³/mol. The third-order valence-electron chi connectivity index (χ3n) is 6.63. The number of nitrogens with one attached hydrogen (secondary N) is 3. The van der Waals surface area contributed by atoms with Gasteiger partial charge in [-0.25, -0.2) is 9.59 Å². The van der Waals surface area contributed by atoms with E-state index in [0.29, 0.717) is 36.6 Å². The number of carbonyl (C=O) groups excluding carboxylic acids is 2. The molecule has 8 nitrogen and oxygen atoms in total. The topological polar surface area (TPSA) is 91.9 Å². The molecule has 34 heavy (non-hydrogen) atoms. The van der Waals surface area contributed by atoms with Crippen LogP contribution in [0.15, 0.2) is 24.3 Å². The summed E-state index contributed by atoms with van der Waals surface area (Å²) in [5, 5.41) is 10.0. The molecular weight excluding hydrogens is 456 g/mol. The lowest BCUT2D eigenvalue weighted by Crippen LogP contribution is -2.51. The van der Waals surface area contributed by atoms with Crippen LogP contribution in [-0.2, 0) is 9.47 Å². The molecule has 1 aromatic rings. The van der Waals surface area contributed by atoms with Gasteiger partial charge in [-0.05, 0) is 48.8 Å². The van der Waals surface area contributed by atoms with Gasteiger partial charge in [-0.3, -0.25) is 0 Å². The molecule has 4 atom stereocenters. The molecule has 0 spiro atoms. The average molecular weight is 495 g/mol. The molecule has 3 rings (SSSR count).